The molecule has 0 spiro atoms. The highest BCUT2D eigenvalue weighted by molar-refractivity contribution is 5.84. The SMILES string of the molecule is O=C(NCCOc1cccc2cccnc12)NCc1ccc2c(c1)OCO2. The van der Waals surface area contributed by atoms with Gasteiger partial charge in [0, 0.05) is 18.1 Å². The van der Waals surface area contributed by atoms with Crippen molar-refractivity contribution in [2.75, 3.05) is 19.9 Å². The van der Waals surface area contributed by atoms with Gasteiger partial charge in [-0.15, -0.1) is 0 Å². The summed E-state index contributed by atoms with van der Waals surface area (Å²) in [6, 6.07) is 15.0. The van der Waals surface area contributed by atoms with Crippen molar-refractivity contribution < 1.29 is 19.0 Å². The Bertz CT molecular complexity index is 956. The Labute approximate surface area is 156 Å². The fraction of sp³-hybridized carbons (Fsp3) is 0.200. The molecule has 2 N–H and O–H groups in total. The highest BCUT2D eigenvalue weighted by atomic mass is 16.7. The number of pyridine rings is 1. The Morgan fingerprint density at radius 1 is 1.07 bits per heavy atom. The van der Waals surface area contributed by atoms with Crippen LogP contribution in [-0.2, 0) is 6.54 Å². The van der Waals surface area contributed by atoms with E-state index >= 15 is 0 Å². The summed E-state index contributed by atoms with van der Waals surface area (Å²) in [5, 5.41) is 6.59. The van der Waals surface area contributed by atoms with Gasteiger partial charge >= 0.3 is 6.03 Å². The zero-order valence-electron chi connectivity index (χ0n) is 14.6. The molecular formula is C20H19N3O4. The van der Waals surface area contributed by atoms with Crippen molar-refractivity contribution >= 4 is 16.9 Å². The first kappa shape index (κ1) is 17.0. The zero-order valence-corrected chi connectivity index (χ0v) is 14.6. The highest BCUT2D eigenvalue weighted by Crippen LogP contribution is 2.32. The van der Waals surface area contributed by atoms with Crippen LogP contribution in [0, 0.1) is 0 Å². The standard InChI is InChI=1S/C20H19N3O4/c24-20(23-12-14-6-7-16-18(11-14)27-13-26-16)22-9-10-25-17-5-1-3-15-4-2-8-21-19(15)17/h1-8,11H,9-10,12-13H2,(H2,22,23,24). The Kier molecular flexibility index (Phi) is 4.91. The molecule has 0 saturated carbocycles. The van der Waals surface area contributed by atoms with Crippen molar-refractivity contribution in [3.63, 3.8) is 0 Å². The van der Waals surface area contributed by atoms with Crippen LogP contribution in [0.2, 0.25) is 0 Å². The summed E-state index contributed by atoms with van der Waals surface area (Å²) >= 11 is 0. The number of para-hydroxylation sites is 1. The molecule has 0 aliphatic carbocycles. The third kappa shape index (κ3) is 4.03. The molecule has 1 aliphatic rings. The van der Waals surface area contributed by atoms with Crippen LogP contribution in [0.5, 0.6) is 17.2 Å². The second kappa shape index (κ2) is 7.82. The van der Waals surface area contributed by atoms with Crippen molar-refractivity contribution in [1.29, 1.82) is 0 Å². The summed E-state index contributed by atoms with van der Waals surface area (Å²) in [4.78, 5) is 16.3. The lowest BCUT2D eigenvalue weighted by Gasteiger charge is -2.10. The van der Waals surface area contributed by atoms with Crippen LogP contribution in [0.1, 0.15) is 5.56 Å². The number of urea groups is 1. The second-order valence-corrected chi connectivity index (χ2v) is 5.98. The molecule has 27 heavy (non-hydrogen) atoms. The number of benzene rings is 2. The van der Waals surface area contributed by atoms with Gasteiger partial charge in [0.1, 0.15) is 17.9 Å². The first-order chi connectivity index (χ1) is 13.3. The lowest BCUT2D eigenvalue weighted by molar-refractivity contribution is 0.174. The summed E-state index contributed by atoms with van der Waals surface area (Å²) in [5.41, 5.74) is 1.75. The van der Waals surface area contributed by atoms with Gasteiger partial charge in [0.15, 0.2) is 11.5 Å². The van der Waals surface area contributed by atoms with Gasteiger partial charge in [0.05, 0.1) is 6.54 Å². The summed E-state index contributed by atoms with van der Waals surface area (Å²) in [5.74, 6) is 2.13. The molecule has 7 nitrogen and oxygen atoms in total. The number of hydrogen-bond donors (Lipinski definition) is 2. The highest BCUT2D eigenvalue weighted by Gasteiger charge is 2.13. The molecule has 3 aromatic rings. The third-order valence-electron chi connectivity index (χ3n) is 4.13. The maximum Gasteiger partial charge on any atom is 0.315 e. The number of carbonyl (C=O) groups is 1. The molecule has 7 heteroatoms. The average Bonchev–Trinajstić information content (AvgIpc) is 3.17. The van der Waals surface area contributed by atoms with Crippen molar-refractivity contribution in [3.05, 3.63) is 60.3 Å². The Morgan fingerprint density at radius 3 is 2.93 bits per heavy atom. The number of amides is 2. The number of fused-ring (bicyclic) bond motifs is 2. The summed E-state index contributed by atoms with van der Waals surface area (Å²) < 4.78 is 16.3. The molecule has 0 radical (unpaired) electrons. The topological polar surface area (TPSA) is 81.7 Å². The molecule has 1 aliphatic heterocycles. The largest absolute Gasteiger partial charge is 0.489 e. The number of nitrogens with one attached hydrogen (secondary N) is 2. The van der Waals surface area contributed by atoms with Gasteiger partial charge in [-0.3, -0.25) is 4.98 Å². The van der Waals surface area contributed by atoms with Crippen LogP contribution in [0.25, 0.3) is 10.9 Å². The minimum absolute atomic E-state index is 0.235. The third-order valence-corrected chi connectivity index (χ3v) is 4.13. The summed E-state index contributed by atoms with van der Waals surface area (Å²) in [6.07, 6.45) is 1.73. The van der Waals surface area contributed by atoms with Gasteiger partial charge in [0.2, 0.25) is 6.79 Å². The van der Waals surface area contributed by atoms with Crippen LogP contribution in [0.15, 0.2) is 54.7 Å². The summed E-state index contributed by atoms with van der Waals surface area (Å²) in [7, 11) is 0. The number of aromatic nitrogens is 1. The van der Waals surface area contributed by atoms with Crippen LogP contribution < -0.4 is 24.8 Å². The fourth-order valence-electron chi connectivity index (χ4n) is 2.81. The predicted octanol–water partition coefficient (Wildman–Crippen LogP) is 2.84. The molecule has 4 rings (SSSR count). The van der Waals surface area contributed by atoms with E-state index in [9.17, 15) is 4.79 Å². The molecule has 2 aromatic carbocycles. The smallest absolute Gasteiger partial charge is 0.315 e. The van der Waals surface area contributed by atoms with E-state index in [1.807, 2.05) is 48.5 Å². The van der Waals surface area contributed by atoms with Crippen LogP contribution in [0.3, 0.4) is 0 Å². The molecule has 0 saturated heterocycles. The Balaban J connectivity index is 1.22. The average molecular weight is 365 g/mol. The lowest BCUT2D eigenvalue weighted by Crippen LogP contribution is -2.37. The van der Waals surface area contributed by atoms with Crippen LogP contribution >= 0.6 is 0 Å². The molecule has 138 valence electrons. The van der Waals surface area contributed by atoms with E-state index in [1.165, 1.54) is 0 Å². The van der Waals surface area contributed by atoms with E-state index < -0.39 is 0 Å². The minimum Gasteiger partial charge on any atom is -0.489 e. The minimum atomic E-state index is -0.257. The van der Waals surface area contributed by atoms with E-state index in [1.54, 1.807) is 6.20 Å². The van der Waals surface area contributed by atoms with E-state index in [0.717, 1.165) is 22.2 Å². The van der Waals surface area contributed by atoms with Crippen molar-refractivity contribution in [2.24, 2.45) is 0 Å². The van der Waals surface area contributed by atoms with Gasteiger partial charge in [-0.1, -0.05) is 24.3 Å². The van der Waals surface area contributed by atoms with Crippen molar-refractivity contribution in [2.45, 2.75) is 6.54 Å². The predicted molar refractivity (Wildman–Crippen MR) is 100 cm³/mol. The first-order valence-electron chi connectivity index (χ1n) is 8.66. The normalized spacial score (nSPS) is 12.0. The van der Waals surface area contributed by atoms with E-state index in [4.69, 9.17) is 14.2 Å². The fourth-order valence-corrected chi connectivity index (χ4v) is 2.81. The molecule has 1 aromatic heterocycles. The lowest BCUT2D eigenvalue weighted by atomic mass is 10.2. The van der Waals surface area contributed by atoms with Gasteiger partial charge < -0.3 is 24.8 Å². The van der Waals surface area contributed by atoms with E-state index in [2.05, 4.69) is 15.6 Å². The van der Waals surface area contributed by atoms with Gasteiger partial charge in [-0.05, 0) is 29.8 Å². The van der Waals surface area contributed by atoms with Gasteiger partial charge in [0.25, 0.3) is 0 Å². The van der Waals surface area contributed by atoms with E-state index in [-0.39, 0.29) is 12.8 Å². The maximum absolute atomic E-state index is 11.9. The van der Waals surface area contributed by atoms with E-state index in [0.29, 0.717) is 31.2 Å². The molecule has 0 fully saturated rings. The number of carbonyl (C=O) groups excluding carboxylic acids is 1. The molecule has 2 heterocycles. The molecule has 0 atom stereocenters. The van der Waals surface area contributed by atoms with Crippen molar-refractivity contribution in [1.82, 2.24) is 15.6 Å². The first-order valence-corrected chi connectivity index (χ1v) is 8.66. The van der Waals surface area contributed by atoms with Crippen LogP contribution in [0.4, 0.5) is 4.79 Å². The molecule has 2 amide bonds. The summed E-state index contributed by atoms with van der Waals surface area (Å²) in [6.45, 7) is 1.37. The number of rotatable bonds is 6. The number of ether oxygens (including phenoxy) is 3. The molecule has 0 bridgehead atoms. The maximum atomic E-state index is 11.9. The zero-order chi connectivity index (χ0) is 18.5. The van der Waals surface area contributed by atoms with Gasteiger partial charge in [-0.25, -0.2) is 4.79 Å². The Hall–Kier alpha value is -3.48. The van der Waals surface area contributed by atoms with Crippen molar-refractivity contribution in [3.8, 4) is 17.2 Å². The van der Waals surface area contributed by atoms with Gasteiger partial charge in [-0.2, -0.15) is 0 Å². The molecular weight excluding hydrogens is 346 g/mol. The molecule has 0 unspecified atom stereocenters. The number of hydrogen-bond acceptors (Lipinski definition) is 5. The Morgan fingerprint density at radius 2 is 1.96 bits per heavy atom. The van der Waals surface area contributed by atoms with Crippen LogP contribution in [-0.4, -0.2) is 31.0 Å². The quantitative estimate of drug-likeness (QED) is 0.657. The monoisotopic (exact) mass is 365 g/mol. The second-order valence-electron chi connectivity index (χ2n) is 5.98. The number of nitrogens with zero attached hydrogens (tertiary/aromatic N) is 1.